The van der Waals surface area contributed by atoms with Crippen LogP contribution in [0.3, 0.4) is 0 Å². The Kier molecular flexibility index (Phi) is 6.98. The van der Waals surface area contributed by atoms with E-state index < -0.39 is 0 Å². The van der Waals surface area contributed by atoms with E-state index in [0.717, 1.165) is 35.2 Å². The highest BCUT2D eigenvalue weighted by atomic mass is 16.5. The zero-order chi connectivity index (χ0) is 24.1. The van der Waals surface area contributed by atoms with Crippen molar-refractivity contribution in [2.45, 2.75) is 24.9 Å². The minimum Gasteiger partial charge on any atom is -0.404 e. The second kappa shape index (κ2) is 10.1. The summed E-state index contributed by atoms with van der Waals surface area (Å²) in [6.07, 6.45) is 4.78. The Morgan fingerprint density at radius 3 is 2.56 bits per heavy atom. The van der Waals surface area contributed by atoms with Gasteiger partial charge in [0.15, 0.2) is 0 Å². The van der Waals surface area contributed by atoms with Crippen molar-refractivity contribution in [1.29, 1.82) is 0 Å². The fraction of sp³-hybridized carbons (Fsp3) is 0.346. The average molecular weight is 462 g/mol. The SMILES string of the molecule is C/N=C\C(=C/N)c1ccc(N2CC3(CCOCC3)N(Cc3cccc(C(=O)NC)c3)C2=O)cc1. The van der Waals surface area contributed by atoms with Crippen LogP contribution in [0.2, 0.25) is 0 Å². The van der Waals surface area contributed by atoms with Crippen LogP contribution in [-0.2, 0) is 11.3 Å². The third kappa shape index (κ3) is 4.54. The zero-order valence-corrected chi connectivity index (χ0v) is 19.7. The largest absolute Gasteiger partial charge is 0.404 e. The maximum absolute atomic E-state index is 13.7. The zero-order valence-electron chi connectivity index (χ0n) is 19.7. The summed E-state index contributed by atoms with van der Waals surface area (Å²) in [5.41, 5.74) is 9.53. The Hall–Kier alpha value is -3.65. The van der Waals surface area contributed by atoms with Crippen molar-refractivity contribution in [3.63, 3.8) is 0 Å². The molecule has 3 amide bonds. The summed E-state index contributed by atoms with van der Waals surface area (Å²) >= 11 is 0. The number of urea groups is 1. The fourth-order valence-corrected chi connectivity index (χ4v) is 4.74. The monoisotopic (exact) mass is 461 g/mol. The van der Waals surface area contributed by atoms with Crippen LogP contribution in [-0.4, -0.2) is 62.4 Å². The molecule has 0 atom stereocenters. The molecule has 2 aromatic carbocycles. The number of nitrogens with one attached hydrogen (secondary N) is 1. The van der Waals surface area contributed by atoms with Crippen LogP contribution < -0.4 is 16.0 Å². The second-order valence-corrected chi connectivity index (χ2v) is 8.63. The molecular formula is C26H31N5O3. The minimum atomic E-state index is -0.311. The van der Waals surface area contributed by atoms with Gasteiger partial charge in [0.2, 0.25) is 0 Å². The number of hydrogen-bond acceptors (Lipinski definition) is 5. The number of carbonyl (C=O) groups excluding carboxylic acids is 2. The van der Waals surface area contributed by atoms with Gasteiger partial charge in [0.25, 0.3) is 5.91 Å². The minimum absolute atomic E-state index is 0.0373. The summed E-state index contributed by atoms with van der Waals surface area (Å²) in [6, 6.07) is 15.2. The molecule has 0 saturated carbocycles. The molecule has 0 radical (unpaired) electrons. The standard InChI is InChI=1S/C26H31N5O3/c1-28-16-22(15-27)20-6-8-23(9-7-20)30-18-26(10-12-34-13-11-26)31(25(30)33)17-19-4-3-5-21(14-19)24(32)29-2/h3-9,14-16H,10-13,17-18,27H2,1-2H3,(H,29,32)/b22-15+,28-16-. The third-order valence-electron chi connectivity index (χ3n) is 6.63. The highest BCUT2D eigenvalue weighted by Gasteiger charge is 2.50. The van der Waals surface area contributed by atoms with Crippen molar-refractivity contribution < 1.29 is 14.3 Å². The molecule has 0 aliphatic carbocycles. The summed E-state index contributed by atoms with van der Waals surface area (Å²) in [4.78, 5) is 33.7. The molecule has 0 bridgehead atoms. The van der Waals surface area contributed by atoms with Crippen molar-refractivity contribution >= 4 is 29.4 Å². The summed E-state index contributed by atoms with van der Waals surface area (Å²) in [6.45, 7) is 2.27. The first kappa shape index (κ1) is 23.5. The predicted molar refractivity (Wildman–Crippen MR) is 134 cm³/mol. The smallest absolute Gasteiger partial charge is 0.325 e. The maximum atomic E-state index is 13.7. The third-order valence-corrected chi connectivity index (χ3v) is 6.63. The lowest BCUT2D eigenvalue weighted by Gasteiger charge is -2.40. The van der Waals surface area contributed by atoms with Gasteiger partial charge in [-0.2, -0.15) is 0 Å². The number of amides is 3. The molecule has 2 aromatic rings. The number of allylic oxidation sites excluding steroid dienone is 1. The molecule has 2 aliphatic rings. The van der Waals surface area contributed by atoms with Crippen LogP contribution in [0.4, 0.5) is 10.5 Å². The van der Waals surface area contributed by atoms with Crippen LogP contribution in [0.15, 0.2) is 59.7 Å². The number of anilines is 1. The van der Waals surface area contributed by atoms with Crippen LogP contribution in [0.1, 0.15) is 34.3 Å². The van der Waals surface area contributed by atoms with E-state index in [1.807, 2.05) is 52.3 Å². The van der Waals surface area contributed by atoms with Crippen LogP contribution in [0, 0.1) is 0 Å². The molecule has 8 heteroatoms. The molecule has 34 heavy (non-hydrogen) atoms. The highest BCUT2D eigenvalue weighted by molar-refractivity contribution is 6.09. The van der Waals surface area contributed by atoms with Gasteiger partial charge in [0, 0.05) is 63.1 Å². The molecule has 2 aliphatic heterocycles. The van der Waals surface area contributed by atoms with Crippen molar-refractivity contribution in [2.75, 3.05) is 38.8 Å². The van der Waals surface area contributed by atoms with E-state index in [2.05, 4.69) is 10.3 Å². The lowest BCUT2D eigenvalue weighted by Crippen LogP contribution is -2.50. The second-order valence-electron chi connectivity index (χ2n) is 8.63. The highest BCUT2D eigenvalue weighted by Crippen LogP contribution is 2.39. The summed E-state index contributed by atoms with van der Waals surface area (Å²) in [7, 11) is 3.31. The van der Waals surface area contributed by atoms with Gasteiger partial charge in [-0.05, 0) is 48.2 Å². The Bertz CT molecular complexity index is 1100. The Balaban J connectivity index is 1.62. The molecule has 2 heterocycles. The van der Waals surface area contributed by atoms with Crippen molar-refractivity contribution in [2.24, 2.45) is 10.7 Å². The molecule has 178 valence electrons. The fourth-order valence-electron chi connectivity index (χ4n) is 4.74. The van der Waals surface area contributed by atoms with Crippen LogP contribution >= 0.6 is 0 Å². The summed E-state index contributed by atoms with van der Waals surface area (Å²) < 4.78 is 5.63. The first-order valence-electron chi connectivity index (χ1n) is 11.4. The first-order valence-corrected chi connectivity index (χ1v) is 11.4. The predicted octanol–water partition coefficient (Wildman–Crippen LogP) is 3.04. The van der Waals surface area contributed by atoms with Crippen LogP contribution in [0.5, 0.6) is 0 Å². The van der Waals surface area contributed by atoms with E-state index in [-0.39, 0.29) is 17.5 Å². The summed E-state index contributed by atoms with van der Waals surface area (Å²) in [5, 5.41) is 2.66. The topological polar surface area (TPSA) is 100 Å². The van der Waals surface area contributed by atoms with E-state index in [0.29, 0.717) is 31.9 Å². The van der Waals surface area contributed by atoms with Gasteiger partial charge < -0.3 is 20.7 Å². The molecule has 0 aromatic heterocycles. The Labute approximate surface area is 200 Å². The van der Waals surface area contributed by atoms with Gasteiger partial charge >= 0.3 is 6.03 Å². The number of ether oxygens (including phenoxy) is 1. The molecule has 2 saturated heterocycles. The van der Waals surface area contributed by atoms with Gasteiger partial charge in [-0.1, -0.05) is 24.3 Å². The number of aliphatic imine (C=N–C) groups is 1. The molecule has 2 fully saturated rings. The van der Waals surface area contributed by atoms with Crippen molar-refractivity contribution in [1.82, 2.24) is 10.2 Å². The van der Waals surface area contributed by atoms with E-state index in [4.69, 9.17) is 10.5 Å². The molecule has 1 spiro atoms. The van der Waals surface area contributed by atoms with Gasteiger partial charge in [-0.15, -0.1) is 0 Å². The number of nitrogens with two attached hydrogens (primary N) is 1. The lowest BCUT2D eigenvalue weighted by molar-refractivity contribution is 0.00611. The Morgan fingerprint density at radius 1 is 1.18 bits per heavy atom. The molecule has 4 rings (SSSR count). The molecule has 8 nitrogen and oxygen atoms in total. The number of hydrogen-bond donors (Lipinski definition) is 2. The normalized spacial score (nSPS) is 18.2. The number of carbonyl (C=O) groups is 2. The van der Waals surface area contributed by atoms with Gasteiger partial charge in [0.1, 0.15) is 0 Å². The molecular weight excluding hydrogens is 430 g/mol. The van der Waals surface area contributed by atoms with E-state index >= 15 is 0 Å². The maximum Gasteiger partial charge on any atom is 0.325 e. The van der Waals surface area contributed by atoms with Crippen molar-refractivity contribution in [3.05, 3.63) is 71.4 Å². The quantitative estimate of drug-likeness (QED) is 0.646. The molecule has 3 N–H and O–H groups in total. The van der Waals surface area contributed by atoms with E-state index in [9.17, 15) is 9.59 Å². The number of nitrogens with zero attached hydrogens (tertiary/aromatic N) is 3. The van der Waals surface area contributed by atoms with Gasteiger partial charge in [0.05, 0.1) is 12.1 Å². The first-order chi connectivity index (χ1) is 16.5. The summed E-state index contributed by atoms with van der Waals surface area (Å²) in [5.74, 6) is -0.142. The lowest BCUT2D eigenvalue weighted by atomic mass is 9.88. The van der Waals surface area contributed by atoms with Crippen LogP contribution in [0.25, 0.3) is 5.57 Å². The van der Waals surface area contributed by atoms with E-state index in [1.165, 1.54) is 6.20 Å². The number of benzene rings is 2. The van der Waals surface area contributed by atoms with E-state index in [1.54, 1.807) is 26.4 Å². The number of rotatable bonds is 6. The Morgan fingerprint density at radius 2 is 1.91 bits per heavy atom. The van der Waals surface area contributed by atoms with Gasteiger partial charge in [-0.25, -0.2) is 4.79 Å². The molecule has 0 unspecified atom stereocenters. The average Bonchev–Trinajstić information content (AvgIpc) is 3.13. The van der Waals surface area contributed by atoms with Gasteiger partial charge in [-0.3, -0.25) is 14.7 Å². The van der Waals surface area contributed by atoms with Crippen molar-refractivity contribution in [3.8, 4) is 0 Å².